The summed E-state index contributed by atoms with van der Waals surface area (Å²) in [4.78, 5) is 22.9. The maximum atomic E-state index is 12.0. The molecule has 24 heavy (non-hydrogen) atoms. The molecule has 2 saturated carbocycles. The first-order chi connectivity index (χ1) is 11.1. The van der Waals surface area contributed by atoms with Gasteiger partial charge >= 0.3 is 11.9 Å². The third kappa shape index (κ3) is 3.38. The van der Waals surface area contributed by atoms with E-state index >= 15 is 0 Å². The van der Waals surface area contributed by atoms with Gasteiger partial charge in [0.05, 0.1) is 5.41 Å². The monoisotopic (exact) mass is 336 g/mol. The van der Waals surface area contributed by atoms with Gasteiger partial charge in [-0.1, -0.05) is 32.4 Å². The molecule has 0 bridgehead atoms. The molecule has 0 saturated heterocycles. The van der Waals surface area contributed by atoms with Gasteiger partial charge in [-0.2, -0.15) is 0 Å². The van der Waals surface area contributed by atoms with E-state index in [1.54, 1.807) is 0 Å². The Bertz CT molecular complexity index is 526. The molecule has 0 unspecified atom stereocenters. The molecule has 0 aromatic heterocycles. The van der Waals surface area contributed by atoms with Gasteiger partial charge in [0.1, 0.15) is 0 Å². The van der Waals surface area contributed by atoms with Crippen molar-refractivity contribution in [3.63, 3.8) is 0 Å². The first-order valence-electron chi connectivity index (χ1n) is 9.24. The van der Waals surface area contributed by atoms with Gasteiger partial charge in [0.15, 0.2) is 0 Å². The zero-order valence-corrected chi connectivity index (χ0v) is 15.3. The van der Waals surface area contributed by atoms with Crippen molar-refractivity contribution < 1.29 is 19.8 Å². The van der Waals surface area contributed by atoms with Gasteiger partial charge in [0, 0.05) is 6.42 Å². The van der Waals surface area contributed by atoms with Crippen LogP contribution in [-0.2, 0) is 9.59 Å². The second-order valence-electron chi connectivity index (χ2n) is 8.66. The molecule has 2 rings (SSSR count). The number of fused-ring (bicyclic) bond motifs is 1. The molecule has 0 amide bonds. The lowest BCUT2D eigenvalue weighted by Gasteiger charge is -2.57. The first kappa shape index (κ1) is 19.0. The molecule has 2 N–H and O–H groups in total. The van der Waals surface area contributed by atoms with Crippen LogP contribution in [0.3, 0.4) is 0 Å². The van der Waals surface area contributed by atoms with Crippen molar-refractivity contribution in [1.29, 1.82) is 0 Å². The Morgan fingerprint density at radius 1 is 1.29 bits per heavy atom. The Balaban J connectivity index is 2.19. The van der Waals surface area contributed by atoms with E-state index in [2.05, 4.69) is 13.5 Å². The molecule has 2 aliphatic carbocycles. The van der Waals surface area contributed by atoms with E-state index in [1.807, 2.05) is 13.8 Å². The molecule has 5 atom stereocenters. The topological polar surface area (TPSA) is 74.6 Å². The highest BCUT2D eigenvalue weighted by molar-refractivity contribution is 5.75. The summed E-state index contributed by atoms with van der Waals surface area (Å²) in [6.45, 7) is 10.5. The number of rotatable bonds is 6. The van der Waals surface area contributed by atoms with E-state index in [-0.39, 0.29) is 23.7 Å². The lowest BCUT2D eigenvalue weighted by Crippen LogP contribution is -2.53. The van der Waals surface area contributed by atoms with Gasteiger partial charge in [0.2, 0.25) is 0 Å². The number of carboxylic acid groups (broad SMARTS) is 2. The maximum Gasteiger partial charge on any atom is 0.309 e. The summed E-state index contributed by atoms with van der Waals surface area (Å²) in [7, 11) is 0. The highest BCUT2D eigenvalue weighted by atomic mass is 16.4. The number of carbonyl (C=O) groups is 2. The second kappa shape index (κ2) is 6.89. The number of aliphatic carboxylic acids is 2. The van der Waals surface area contributed by atoms with E-state index in [1.165, 1.54) is 5.57 Å². The standard InChI is InChI=1S/C20H32O4/c1-13(12-17(21)22)6-8-15-14(2)7-9-16-19(15,3)10-5-11-20(16,4)18(23)24/h13,15-16H,2,5-12H2,1,3-4H3,(H,21,22)(H,23,24)/t13-,15-,16+,19+,20+/m1/s1. The molecule has 4 nitrogen and oxygen atoms in total. The zero-order chi connectivity index (χ0) is 18.1. The van der Waals surface area contributed by atoms with Crippen LogP contribution in [0, 0.1) is 28.6 Å². The Hall–Kier alpha value is -1.32. The molecule has 0 aromatic rings. The summed E-state index contributed by atoms with van der Waals surface area (Å²) in [6.07, 6.45) is 6.57. The predicted molar refractivity (Wildman–Crippen MR) is 93.7 cm³/mol. The lowest BCUT2D eigenvalue weighted by atomic mass is 9.46. The van der Waals surface area contributed by atoms with Crippen LogP contribution in [0.5, 0.6) is 0 Å². The minimum absolute atomic E-state index is 0.0241. The fraction of sp³-hybridized carbons (Fsp3) is 0.800. The van der Waals surface area contributed by atoms with E-state index in [9.17, 15) is 14.7 Å². The SMILES string of the molecule is C=C1CC[C@H]2[C@@](C)(CCC[C@]2(C)C(=O)O)[C@@H]1CC[C@@H](C)CC(=O)O. The van der Waals surface area contributed by atoms with E-state index in [0.717, 1.165) is 44.9 Å². The maximum absolute atomic E-state index is 12.0. The van der Waals surface area contributed by atoms with Gasteiger partial charge in [-0.3, -0.25) is 9.59 Å². The molecule has 4 heteroatoms. The van der Waals surface area contributed by atoms with Gasteiger partial charge in [-0.25, -0.2) is 0 Å². The van der Waals surface area contributed by atoms with Crippen molar-refractivity contribution in [1.82, 2.24) is 0 Å². The van der Waals surface area contributed by atoms with Crippen molar-refractivity contribution in [2.24, 2.45) is 28.6 Å². The smallest absolute Gasteiger partial charge is 0.309 e. The number of hydrogen-bond acceptors (Lipinski definition) is 2. The molecule has 0 heterocycles. The van der Waals surface area contributed by atoms with E-state index < -0.39 is 17.4 Å². The largest absolute Gasteiger partial charge is 0.481 e. The molecule has 0 aromatic carbocycles. The highest BCUT2D eigenvalue weighted by Crippen LogP contribution is 2.62. The molecule has 0 aliphatic heterocycles. The summed E-state index contributed by atoms with van der Waals surface area (Å²) >= 11 is 0. The van der Waals surface area contributed by atoms with Gasteiger partial charge in [-0.15, -0.1) is 0 Å². The number of allylic oxidation sites excluding steroid dienone is 1. The Labute approximate surface area is 145 Å². The minimum Gasteiger partial charge on any atom is -0.481 e. The van der Waals surface area contributed by atoms with Crippen LogP contribution in [0.4, 0.5) is 0 Å². The van der Waals surface area contributed by atoms with Crippen LogP contribution in [-0.4, -0.2) is 22.2 Å². The van der Waals surface area contributed by atoms with Crippen molar-refractivity contribution in [3.8, 4) is 0 Å². The Kier molecular flexibility index (Phi) is 5.46. The molecular weight excluding hydrogens is 304 g/mol. The summed E-state index contributed by atoms with van der Waals surface area (Å²) in [5, 5.41) is 18.8. The van der Waals surface area contributed by atoms with Crippen LogP contribution >= 0.6 is 0 Å². The van der Waals surface area contributed by atoms with Crippen LogP contribution in [0.25, 0.3) is 0 Å². The Morgan fingerprint density at radius 3 is 2.54 bits per heavy atom. The van der Waals surface area contributed by atoms with Crippen LogP contribution in [0.1, 0.15) is 72.1 Å². The summed E-state index contributed by atoms with van der Waals surface area (Å²) < 4.78 is 0. The summed E-state index contributed by atoms with van der Waals surface area (Å²) in [5.74, 6) is -0.768. The normalized spacial score (nSPS) is 37.5. The average molecular weight is 336 g/mol. The quantitative estimate of drug-likeness (QED) is 0.687. The highest BCUT2D eigenvalue weighted by Gasteiger charge is 2.57. The molecule has 2 fully saturated rings. The van der Waals surface area contributed by atoms with Gasteiger partial charge in [0.25, 0.3) is 0 Å². The van der Waals surface area contributed by atoms with E-state index in [0.29, 0.717) is 5.92 Å². The van der Waals surface area contributed by atoms with Crippen molar-refractivity contribution in [2.75, 3.05) is 0 Å². The van der Waals surface area contributed by atoms with E-state index in [4.69, 9.17) is 5.11 Å². The Morgan fingerprint density at radius 2 is 1.96 bits per heavy atom. The van der Waals surface area contributed by atoms with Gasteiger partial charge < -0.3 is 10.2 Å². The third-order valence-corrected chi connectivity index (χ3v) is 6.98. The summed E-state index contributed by atoms with van der Waals surface area (Å²) in [5.41, 5.74) is 0.577. The van der Waals surface area contributed by atoms with Crippen LogP contribution < -0.4 is 0 Å². The van der Waals surface area contributed by atoms with Crippen molar-refractivity contribution >= 4 is 11.9 Å². The molecule has 2 aliphatic rings. The van der Waals surface area contributed by atoms with Crippen molar-refractivity contribution in [3.05, 3.63) is 12.2 Å². The number of carboxylic acids is 2. The zero-order valence-electron chi connectivity index (χ0n) is 15.3. The fourth-order valence-electron chi connectivity index (χ4n) is 5.59. The molecule has 0 radical (unpaired) electrons. The minimum atomic E-state index is -0.745. The van der Waals surface area contributed by atoms with Crippen LogP contribution in [0.2, 0.25) is 0 Å². The summed E-state index contributed by atoms with van der Waals surface area (Å²) in [6, 6.07) is 0. The fourth-order valence-corrected chi connectivity index (χ4v) is 5.59. The van der Waals surface area contributed by atoms with Crippen molar-refractivity contribution in [2.45, 2.75) is 72.1 Å². The predicted octanol–water partition coefficient (Wildman–Crippen LogP) is 4.74. The third-order valence-electron chi connectivity index (χ3n) is 6.98. The van der Waals surface area contributed by atoms with Crippen LogP contribution in [0.15, 0.2) is 12.2 Å². The molecule has 0 spiro atoms. The second-order valence-corrected chi connectivity index (χ2v) is 8.66. The molecule has 136 valence electrons. The van der Waals surface area contributed by atoms with Gasteiger partial charge in [-0.05, 0) is 68.6 Å². The first-order valence-corrected chi connectivity index (χ1v) is 9.24. The number of hydrogen-bond donors (Lipinski definition) is 2. The lowest BCUT2D eigenvalue weighted by molar-refractivity contribution is -0.164. The molecular formula is C20H32O4. The average Bonchev–Trinajstić information content (AvgIpc) is 2.45.